The van der Waals surface area contributed by atoms with E-state index in [0.29, 0.717) is 6.54 Å². The van der Waals surface area contributed by atoms with Gasteiger partial charge in [0.15, 0.2) is 6.20 Å². The van der Waals surface area contributed by atoms with Gasteiger partial charge < -0.3 is 0 Å². The summed E-state index contributed by atoms with van der Waals surface area (Å²) in [6, 6.07) is 5.88. The Bertz CT molecular complexity index is 328. The number of allylic oxidation sites excluding steroid dienone is 1. The van der Waals surface area contributed by atoms with Crippen molar-refractivity contribution >= 4 is 11.9 Å². The van der Waals surface area contributed by atoms with Crippen LogP contribution in [0.2, 0.25) is 0 Å². The van der Waals surface area contributed by atoms with Crippen LogP contribution in [-0.4, -0.2) is 5.78 Å². The average molecular weight is 146 g/mol. The molecule has 11 heavy (non-hydrogen) atoms. The molecule has 0 radical (unpaired) electrons. The van der Waals surface area contributed by atoms with Gasteiger partial charge in [0.05, 0.1) is 0 Å². The highest BCUT2D eigenvalue weighted by atomic mass is 16.1. The lowest BCUT2D eigenvalue weighted by Crippen LogP contribution is -2.41. The van der Waals surface area contributed by atoms with E-state index >= 15 is 0 Å². The van der Waals surface area contributed by atoms with Crippen LogP contribution in [-0.2, 0) is 11.3 Å². The van der Waals surface area contributed by atoms with Crippen LogP contribution in [0.5, 0.6) is 0 Å². The summed E-state index contributed by atoms with van der Waals surface area (Å²) in [5.74, 6) is 0.161. The molecule has 0 spiro atoms. The largest absolute Gasteiger partial charge is 0.288 e. The summed E-state index contributed by atoms with van der Waals surface area (Å²) in [7, 11) is 0. The second kappa shape index (κ2) is 2.31. The zero-order valence-corrected chi connectivity index (χ0v) is 6.03. The van der Waals surface area contributed by atoms with Crippen molar-refractivity contribution in [3.8, 4) is 0 Å². The number of pyridine rings is 1. The minimum atomic E-state index is 0.161. The topological polar surface area (TPSA) is 20.9 Å². The van der Waals surface area contributed by atoms with Gasteiger partial charge in [-0.1, -0.05) is 0 Å². The molecule has 0 N–H and O–H groups in total. The maximum Gasteiger partial charge on any atom is 0.220 e. The molecule has 2 rings (SSSR count). The standard InChI is InChI=1S/C9H8NO/c11-9-5-4-8-3-1-2-6-10(8)7-9/h1-6H,7H2/q+1. The first kappa shape index (κ1) is 6.28. The summed E-state index contributed by atoms with van der Waals surface area (Å²) in [5.41, 5.74) is 1.09. The zero-order valence-electron chi connectivity index (χ0n) is 6.03. The van der Waals surface area contributed by atoms with E-state index in [9.17, 15) is 4.79 Å². The molecule has 1 aliphatic heterocycles. The van der Waals surface area contributed by atoms with Crippen LogP contribution in [0.1, 0.15) is 5.69 Å². The van der Waals surface area contributed by atoms with Crippen LogP contribution in [0, 0.1) is 0 Å². The van der Waals surface area contributed by atoms with E-state index < -0.39 is 0 Å². The predicted octanol–water partition coefficient (Wildman–Crippen LogP) is 0.570. The number of nitrogens with zero attached hydrogens (tertiary/aromatic N) is 1. The third-order valence-electron chi connectivity index (χ3n) is 1.74. The molecule has 0 atom stereocenters. The van der Waals surface area contributed by atoms with Gasteiger partial charge in [-0.25, -0.2) is 0 Å². The van der Waals surface area contributed by atoms with E-state index in [1.54, 1.807) is 6.08 Å². The first-order chi connectivity index (χ1) is 5.36. The monoisotopic (exact) mass is 146 g/mol. The fraction of sp³-hybridized carbons (Fsp3) is 0.111. The third-order valence-corrected chi connectivity index (χ3v) is 1.74. The van der Waals surface area contributed by atoms with E-state index in [0.717, 1.165) is 5.69 Å². The number of ketones is 1. The number of carbonyl (C=O) groups excluding carboxylic acids is 1. The summed E-state index contributed by atoms with van der Waals surface area (Å²) in [6.45, 7) is 0.479. The number of fused-ring (bicyclic) bond motifs is 1. The van der Waals surface area contributed by atoms with Gasteiger partial charge in [-0.15, -0.1) is 0 Å². The second-order valence-corrected chi connectivity index (χ2v) is 2.55. The van der Waals surface area contributed by atoms with Crippen LogP contribution in [0.25, 0.3) is 6.08 Å². The molecule has 0 saturated carbocycles. The predicted molar refractivity (Wildman–Crippen MR) is 40.7 cm³/mol. The van der Waals surface area contributed by atoms with Gasteiger partial charge in [-0.3, -0.25) is 4.79 Å². The van der Waals surface area contributed by atoms with Crippen LogP contribution in [0.3, 0.4) is 0 Å². The Labute approximate surface area is 64.8 Å². The molecule has 2 heterocycles. The van der Waals surface area contributed by atoms with Crippen molar-refractivity contribution in [1.82, 2.24) is 0 Å². The normalized spacial score (nSPS) is 14.7. The molecule has 2 heteroatoms. The summed E-state index contributed by atoms with van der Waals surface area (Å²) in [6.07, 6.45) is 5.37. The smallest absolute Gasteiger partial charge is 0.220 e. The highest BCUT2D eigenvalue weighted by Gasteiger charge is 2.14. The van der Waals surface area contributed by atoms with Crippen molar-refractivity contribution in [2.75, 3.05) is 0 Å². The van der Waals surface area contributed by atoms with Gasteiger partial charge in [0, 0.05) is 18.2 Å². The molecule has 2 nitrogen and oxygen atoms in total. The van der Waals surface area contributed by atoms with Gasteiger partial charge in [0.2, 0.25) is 18.0 Å². The minimum absolute atomic E-state index is 0.161. The van der Waals surface area contributed by atoms with Crippen molar-refractivity contribution in [2.45, 2.75) is 6.54 Å². The van der Waals surface area contributed by atoms with Crippen LogP contribution >= 0.6 is 0 Å². The van der Waals surface area contributed by atoms with Gasteiger partial charge >= 0.3 is 0 Å². The van der Waals surface area contributed by atoms with E-state index in [4.69, 9.17) is 0 Å². The second-order valence-electron chi connectivity index (χ2n) is 2.55. The third kappa shape index (κ3) is 1.07. The fourth-order valence-corrected chi connectivity index (χ4v) is 1.18. The molecule has 0 fully saturated rings. The highest BCUT2D eigenvalue weighted by Crippen LogP contribution is 1.99. The Balaban J connectivity index is 2.54. The Hall–Kier alpha value is -1.44. The SMILES string of the molecule is O=C1C=Cc2cccc[n+]2C1. The molecular formula is C9H8NO+. The van der Waals surface area contributed by atoms with Gasteiger partial charge in [0.1, 0.15) is 0 Å². The number of carbonyl (C=O) groups is 1. The van der Waals surface area contributed by atoms with E-state index in [1.807, 2.05) is 35.0 Å². The Morgan fingerprint density at radius 3 is 3.09 bits per heavy atom. The van der Waals surface area contributed by atoms with E-state index in [1.165, 1.54) is 0 Å². The molecule has 0 aliphatic carbocycles. The first-order valence-electron chi connectivity index (χ1n) is 3.56. The summed E-state index contributed by atoms with van der Waals surface area (Å²) in [5, 5.41) is 0. The van der Waals surface area contributed by atoms with Gasteiger partial charge in [-0.2, -0.15) is 4.57 Å². The molecule has 0 bridgehead atoms. The molecule has 0 unspecified atom stereocenters. The zero-order chi connectivity index (χ0) is 7.68. The average Bonchev–Trinajstić information content (AvgIpc) is 2.04. The fourth-order valence-electron chi connectivity index (χ4n) is 1.18. The maximum absolute atomic E-state index is 10.9. The quantitative estimate of drug-likeness (QED) is 0.490. The molecule has 1 aromatic heterocycles. The molecular weight excluding hydrogens is 138 g/mol. The highest BCUT2D eigenvalue weighted by molar-refractivity contribution is 5.93. The van der Waals surface area contributed by atoms with Crippen molar-refractivity contribution in [3.05, 3.63) is 36.2 Å². The summed E-state index contributed by atoms with van der Waals surface area (Å²) >= 11 is 0. The summed E-state index contributed by atoms with van der Waals surface area (Å²) in [4.78, 5) is 10.9. The number of hydrogen-bond donors (Lipinski definition) is 0. The number of aromatic nitrogens is 1. The minimum Gasteiger partial charge on any atom is -0.288 e. The molecule has 0 saturated heterocycles. The maximum atomic E-state index is 10.9. The lowest BCUT2D eigenvalue weighted by molar-refractivity contribution is -0.686. The molecule has 1 aliphatic rings. The van der Waals surface area contributed by atoms with Crippen LogP contribution in [0.15, 0.2) is 30.5 Å². The van der Waals surface area contributed by atoms with Gasteiger partial charge in [0.25, 0.3) is 0 Å². The molecule has 1 aromatic rings. The summed E-state index contributed by atoms with van der Waals surface area (Å²) < 4.78 is 1.93. The lowest BCUT2D eigenvalue weighted by Gasteiger charge is -2.01. The Morgan fingerprint density at radius 2 is 2.18 bits per heavy atom. The first-order valence-corrected chi connectivity index (χ1v) is 3.56. The van der Waals surface area contributed by atoms with Crippen molar-refractivity contribution < 1.29 is 9.36 Å². The molecule has 54 valence electrons. The van der Waals surface area contributed by atoms with Crippen LogP contribution in [0.4, 0.5) is 0 Å². The number of rotatable bonds is 0. The van der Waals surface area contributed by atoms with Crippen molar-refractivity contribution in [1.29, 1.82) is 0 Å². The Morgan fingerprint density at radius 1 is 1.27 bits per heavy atom. The van der Waals surface area contributed by atoms with Gasteiger partial charge in [-0.05, 0) is 12.1 Å². The lowest BCUT2D eigenvalue weighted by atomic mass is 10.2. The van der Waals surface area contributed by atoms with Crippen LogP contribution < -0.4 is 4.57 Å². The Kier molecular flexibility index (Phi) is 1.32. The van der Waals surface area contributed by atoms with Crippen molar-refractivity contribution in [3.63, 3.8) is 0 Å². The molecule has 0 aromatic carbocycles. The molecule has 0 amide bonds. The van der Waals surface area contributed by atoms with Crippen molar-refractivity contribution in [2.24, 2.45) is 0 Å². The number of hydrogen-bond acceptors (Lipinski definition) is 1. The van der Waals surface area contributed by atoms with E-state index in [-0.39, 0.29) is 5.78 Å². The van der Waals surface area contributed by atoms with E-state index in [2.05, 4.69) is 0 Å².